The van der Waals surface area contributed by atoms with E-state index in [1.54, 1.807) is 0 Å². The lowest BCUT2D eigenvalue weighted by Crippen LogP contribution is -2.29. The van der Waals surface area contributed by atoms with Crippen LogP contribution in [0, 0.1) is 6.92 Å². The zero-order chi connectivity index (χ0) is 16.1. The Hall–Kier alpha value is -2.00. The third kappa shape index (κ3) is 4.26. The summed E-state index contributed by atoms with van der Waals surface area (Å²) in [6.45, 7) is 4.33. The van der Waals surface area contributed by atoms with Crippen molar-refractivity contribution >= 4 is 29.2 Å². The molecule has 1 N–H and O–H groups in total. The second kappa shape index (κ2) is 7.51. The van der Waals surface area contributed by atoms with Crippen LogP contribution in [0.15, 0.2) is 47.6 Å². The van der Waals surface area contributed by atoms with Gasteiger partial charge >= 0.3 is 0 Å². The van der Waals surface area contributed by atoms with Crippen LogP contribution in [0.2, 0.25) is 5.02 Å². The number of nitrogens with zero attached hydrogens (tertiary/aromatic N) is 2. The van der Waals surface area contributed by atoms with Gasteiger partial charge in [-0.05, 0) is 61.6 Å². The molecule has 0 atom stereocenters. The molecule has 1 heterocycles. The van der Waals surface area contributed by atoms with E-state index in [0.29, 0.717) is 0 Å². The number of piperidine rings is 1. The number of nitrogens with one attached hydrogen (secondary N) is 1. The van der Waals surface area contributed by atoms with Crippen LogP contribution < -0.4 is 10.3 Å². The van der Waals surface area contributed by atoms with Gasteiger partial charge in [-0.3, -0.25) is 5.43 Å². The second-order valence-corrected chi connectivity index (χ2v) is 6.38. The van der Waals surface area contributed by atoms with E-state index in [0.717, 1.165) is 21.8 Å². The van der Waals surface area contributed by atoms with Crippen LogP contribution >= 0.6 is 11.6 Å². The van der Waals surface area contributed by atoms with Crippen LogP contribution in [-0.2, 0) is 0 Å². The molecule has 120 valence electrons. The molecule has 1 aliphatic rings. The predicted molar refractivity (Wildman–Crippen MR) is 99.9 cm³/mol. The van der Waals surface area contributed by atoms with Crippen molar-refractivity contribution in [3.05, 3.63) is 58.6 Å². The average Bonchev–Trinajstić information content (AvgIpc) is 2.59. The summed E-state index contributed by atoms with van der Waals surface area (Å²) in [5, 5.41) is 5.02. The van der Waals surface area contributed by atoms with Crippen LogP contribution in [0.25, 0.3) is 0 Å². The van der Waals surface area contributed by atoms with Gasteiger partial charge in [0.1, 0.15) is 0 Å². The number of aryl methyl sites for hydroxylation is 1. The minimum Gasteiger partial charge on any atom is -0.372 e. The third-order valence-electron chi connectivity index (χ3n) is 4.19. The maximum atomic E-state index is 6.10. The van der Waals surface area contributed by atoms with Crippen molar-refractivity contribution in [2.24, 2.45) is 5.10 Å². The van der Waals surface area contributed by atoms with Gasteiger partial charge in [0, 0.05) is 23.8 Å². The third-order valence-corrected chi connectivity index (χ3v) is 4.60. The van der Waals surface area contributed by atoms with Gasteiger partial charge in [-0.2, -0.15) is 5.10 Å². The van der Waals surface area contributed by atoms with Crippen LogP contribution in [0.3, 0.4) is 0 Å². The minimum absolute atomic E-state index is 0.746. The summed E-state index contributed by atoms with van der Waals surface area (Å²) < 4.78 is 0. The van der Waals surface area contributed by atoms with Crippen molar-refractivity contribution in [3.8, 4) is 0 Å². The lowest BCUT2D eigenvalue weighted by atomic mass is 10.1. The molecule has 4 heteroatoms. The first-order chi connectivity index (χ1) is 11.2. The quantitative estimate of drug-likeness (QED) is 0.626. The molecular formula is C19H22ClN3. The van der Waals surface area contributed by atoms with Gasteiger partial charge in [-0.1, -0.05) is 29.8 Å². The maximum Gasteiger partial charge on any atom is 0.0576 e. The van der Waals surface area contributed by atoms with E-state index < -0.39 is 0 Å². The van der Waals surface area contributed by atoms with Crippen molar-refractivity contribution in [1.82, 2.24) is 0 Å². The molecule has 0 amide bonds. The Balaban J connectivity index is 1.60. The number of hydrazone groups is 1. The molecule has 2 aromatic carbocycles. The SMILES string of the molecule is Cc1ccc(NN=Cc2ccc(N3CCCCC3)cc2)cc1Cl. The molecule has 0 aliphatic carbocycles. The molecule has 0 radical (unpaired) electrons. The van der Waals surface area contributed by atoms with Gasteiger partial charge in [0.25, 0.3) is 0 Å². The van der Waals surface area contributed by atoms with Crippen LogP contribution in [0.1, 0.15) is 30.4 Å². The molecule has 1 aliphatic heterocycles. The van der Waals surface area contributed by atoms with Gasteiger partial charge in [0.2, 0.25) is 0 Å². The van der Waals surface area contributed by atoms with E-state index >= 15 is 0 Å². The molecule has 0 unspecified atom stereocenters. The molecule has 0 aromatic heterocycles. The van der Waals surface area contributed by atoms with Crippen LogP contribution in [-0.4, -0.2) is 19.3 Å². The summed E-state index contributed by atoms with van der Waals surface area (Å²) in [6, 6.07) is 14.4. The zero-order valence-electron chi connectivity index (χ0n) is 13.4. The Kier molecular flexibility index (Phi) is 5.19. The zero-order valence-corrected chi connectivity index (χ0v) is 14.2. The summed E-state index contributed by atoms with van der Waals surface area (Å²) in [5.41, 5.74) is 7.35. The van der Waals surface area contributed by atoms with Crippen molar-refractivity contribution in [2.45, 2.75) is 26.2 Å². The normalized spacial score (nSPS) is 15.1. The predicted octanol–water partition coefficient (Wildman–Crippen LogP) is 5.08. The molecule has 0 saturated carbocycles. The Morgan fingerprint density at radius 3 is 2.48 bits per heavy atom. The fourth-order valence-corrected chi connectivity index (χ4v) is 2.95. The smallest absolute Gasteiger partial charge is 0.0576 e. The van der Waals surface area contributed by atoms with Crippen molar-refractivity contribution in [2.75, 3.05) is 23.4 Å². The lowest BCUT2D eigenvalue weighted by molar-refractivity contribution is 0.578. The fourth-order valence-electron chi connectivity index (χ4n) is 2.77. The highest BCUT2D eigenvalue weighted by Crippen LogP contribution is 2.21. The molecule has 0 bridgehead atoms. The van der Waals surface area contributed by atoms with E-state index in [-0.39, 0.29) is 0 Å². The first kappa shape index (κ1) is 15.9. The molecule has 3 nitrogen and oxygen atoms in total. The molecule has 23 heavy (non-hydrogen) atoms. The number of hydrogen-bond donors (Lipinski definition) is 1. The number of rotatable bonds is 4. The summed E-state index contributed by atoms with van der Waals surface area (Å²) in [4.78, 5) is 2.46. The first-order valence-electron chi connectivity index (χ1n) is 8.12. The Morgan fingerprint density at radius 2 is 1.78 bits per heavy atom. The van der Waals surface area contributed by atoms with Crippen LogP contribution in [0.4, 0.5) is 11.4 Å². The first-order valence-corrected chi connectivity index (χ1v) is 8.50. The summed E-state index contributed by atoms with van der Waals surface area (Å²) in [7, 11) is 0. The topological polar surface area (TPSA) is 27.6 Å². The highest BCUT2D eigenvalue weighted by atomic mass is 35.5. The molecule has 2 aromatic rings. The van der Waals surface area contributed by atoms with Gasteiger partial charge in [-0.25, -0.2) is 0 Å². The van der Waals surface area contributed by atoms with Crippen molar-refractivity contribution < 1.29 is 0 Å². The van der Waals surface area contributed by atoms with Gasteiger partial charge in [0.15, 0.2) is 0 Å². The minimum atomic E-state index is 0.746. The van der Waals surface area contributed by atoms with E-state index in [2.05, 4.69) is 39.7 Å². The number of hydrogen-bond acceptors (Lipinski definition) is 3. The highest BCUT2D eigenvalue weighted by molar-refractivity contribution is 6.31. The number of benzene rings is 2. The van der Waals surface area contributed by atoms with Gasteiger partial charge < -0.3 is 4.90 Å². The van der Waals surface area contributed by atoms with Gasteiger partial charge in [0.05, 0.1) is 11.9 Å². The summed E-state index contributed by atoms with van der Waals surface area (Å²) in [5.74, 6) is 0. The van der Waals surface area contributed by atoms with Crippen molar-refractivity contribution in [3.63, 3.8) is 0 Å². The molecule has 3 rings (SSSR count). The number of halogens is 1. The fraction of sp³-hybridized carbons (Fsp3) is 0.316. The lowest BCUT2D eigenvalue weighted by Gasteiger charge is -2.28. The van der Waals surface area contributed by atoms with E-state index in [9.17, 15) is 0 Å². The Bertz CT molecular complexity index is 674. The summed E-state index contributed by atoms with van der Waals surface area (Å²) >= 11 is 6.10. The van der Waals surface area contributed by atoms with Crippen LogP contribution in [0.5, 0.6) is 0 Å². The second-order valence-electron chi connectivity index (χ2n) is 5.97. The monoisotopic (exact) mass is 327 g/mol. The molecule has 0 spiro atoms. The highest BCUT2D eigenvalue weighted by Gasteiger charge is 2.10. The van der Waals surface area contributed by atoms with E-state index in [1.165, 1.54) is 38.0 Å². The van der Waals surface area contributed by atoms with E-state index in [1.807, 2.05) is 31.3 Å². The maximum absolute atomic E-state index is 6.10. The largest absolute Gasteiger partial charge is 0.372 e. The summed E-state index contributed by atoms with van der Waals surface area (Å²) in [6.07, 6.45) is 5.78. The molecular weight excluding hydrogens is 306 g/mol. The molecule has 1 saturated heterocycles. The van der Waals surface area contributed by atoms with Gasteiger partial charge in [-0.15, -0.1) is 0 Å². The standard InChI is InChI=1S/C19H22ClN3/c1-15-5-8-17(13-19(15)20)22-21-14-16-6-9-18(10-7-16)23-11-3-2-4-12-23/h5-10,13-14,22H,2-4,11-12H2,1H3. The van der Waals surface area contributed by atoms with E-state index in [4.69, 9.17) is 11.6 Å². The Labute approximate surface area is 143 Å². The molecule has 1 fully saturated rings. The average molecular weight is 328 g/mol. The number of anilines is 2. The van der Waals surface area contributed by atoms with Crippen molar-refractivity contribution in [1.29, 1.82) is 0 Å². The Morgan fingerprint density at radius 1 is 1.04 bits per heavy atom.